The van der Waals surface area contributed by atoms with E-state index in [0.717, 1.165) is 34.1 Å². The van der Waals surface area contributed by atoms with Crippen LogP contribution < -0.4 is 0 Å². The lowest BCUT2D eigenvalue weighted by Crippen LogP contribution is -2.41. The van der Waals surface area contributed by atoms with Gasteiger partial charge in [-0.2, -0.15) is 0 Å². The molecule has 1 aliphatic carbocycles. The van der Waals surface area contributed by atoms with Gasteiger partial charge in [-0.1, -0.05) is 12.8 Å². The van der Waals surface area contributed by atoms with Gasteiger partial charge in [0, 0.05) is 19.0 Å². The highest BCUT2D eigenvalue weighted by Gasteiger charge is 2.33. The minimum Gasteiger partial charge on any atom is -0.388 e. The van der Waals surface area contributed by atoms with E-state index in [1.807, 2.05) is 11.4 Å². The Balaban J connectivity index is 2.00. The van der Waals surface area contributed by atoms with Crippen LogP contribution in [0.3, 0.4) is 0 Å². The third-order valence-corrected chi connectivity index (χ3v) is 5.02. The summed E-state index contributed by atoms with van der Waals surface area (Å²) in [6.45, 7) is 0.443. The Morgan fingerprint density at radius 2 is 2.24 bits per heavy atom. The second-order valence-electron chi connectivity index (χ2n) is 4.73. The molecular formula is C12H16INO2S. The van der Waals surface area contributed by atoms with Crippen molar-refractivity contribution < 1.29 is 9.90 Å². The summed E-state index contributed by atoms with van der Waals surface area (Å²) in [5.41, 5.74) is 0.0663. The summed E-state index contributed by atoms with van der Waals surface area (Å²) in [6.07, 6.45) is 3.75. The number of likely N-dealkylation sites (N-methyl/N-ethyl adjacent to an activating group) is 1. The minimum atomic E-state index is -0.659. The maximum absolute atomic E-state index is 12.1. The molecule has 94 valence electrons. The van der Waals surface area contributed by atoms with Gasteiger partial charge in [0.15, 0.2) is 0 Å². The summed E-state index contributed by atoms with van der Waals surface area (Å²) in [6, 6.07) is 1.89. The van der Waals surface area contributed by atoms with Gasteiger partial charge in [-0.15, -0.1) is 11.3 Å². The average molecular weight is 365 g/mol. The van der Waals surface area contributed by atoms with Crippen LogP contribution in [0.5, 0.6) is 0 Å². The molecule has 1 saturated carbocycles. The van der Waals surface area contributed by atoms with Gasteiger partial charge in [0.25, 0.3) is 5.91 Å². The summed E-state index contributed by atoms with van der Waals surface area (Å²) in [4.78, 5) is 13.7. The minimum absolute atomic E-state index is 0.00416. The van der Waals surface area contributed by atoms with Crippen molar-refractivity contribution in [3.8, 4) is 0 Å². The van der Waals surface area contributed by atoms with Gasteiger partial charge in [-0.25, -0.2) is 0 Å². The fourth-order valence-electron chi connectivity index (χ4n) is 2.35. The maximum Gasteiger partial charge on any atom is 0.254 e. The quantitative estimate of drug-likeness (QED) is 0.837. The van der Waals surface area contributed by atoms with Gasteiger partial charge in [0.2, 0.25) is 0 Å². The van der Waals surface area contributed by atoms with Crippen LogP contribution in [0.2, 0.25) is 0 Å². The van der Waals surface area contributed by atoms with Crippen LogP contribution in [0.15, 0.2) is 11.4 Å². The van der Waals surface area contributed by atoms with Crippen molar-refractivity contribution in [1.82, 2.24) is 4.90 Å². The van der Waals surface area contributed by atoms with Gasteiger partial charge in [0.05, 0.1) is 14.0 Å². The molecule has 1 N–H and O–H groups in total. The zero-order chi connectivity index (χ0) is 12.5. The second-order valence-corrected chi connectivity index (χ2v) is 7.54. The lowest BCUT2D eigenvalue weighted by atomic mass is 10.0. The van der Waals surface area contributed by atoms with Crippen molar-refractivity contribution >= 4 is 39.8 Å². The Hall–Kier alpha value is -0.140. The molecule has 0 aromatic carbocycles. The SMILES string of the molecule is CN(CC1(O)CCCC1)C(=O)c1csc(I)c1. The lowest BCUT2D eigenvalue weighted by molar-refractivity contribution is 0.0157. The Bertz CT molecular complexity index is 412. The molecule has 0 bridgehead atoms. The highest BCUT2D eigenvalue weighted by molar-refractivity contribution is 14.1. The molecule has 1 aromatic rings. The maximum atomic E-state index is 12.1. The predicted molar refractivity (Wildman–Crippen MR) is 77.4 cm³/mol. The number of halogens is 1. The van der Waals surface area contributed by atoms with Crippen molar-refractivity contribution in [3.05, 3.63) is 19.9 Å². The van der Waals surface area contributed by atoms with Crippen molar-refractivity contribution in [1.29, 1.82) is 0 Å². The molecule has 5 heteroatoms. The molecule has 0 unspecified atom stereocenters. The molecule has 2 rings (SSSR count). The number of carbonyl (C=O) groups excluding carboxylic acids is 1. The molecule has 1 heterocycles. The van der Waals surface area contributed by atoms with E-state index in [1.54, 1.807) is 23.3 Å². The number of hydrogen-bond donors (Lipinski definition) is 1. The van der Waals surface area contributed by atoms with Gasteiger partial charge in [-0.05, 0) is 41.5 Å². The Kier molecular flexibility index (Phi) is 4.10. The number of hydrogen-bond acceptors (Lipinski definition) is 3. The zero-order valence-corrected chi connectivity index (χ0v) is 12.8. The van der Waals surface area contributed by atoms with Gasteiger partial charge >= 0.3 is 0 Å². The highest BCUT2D eigenvalue weighted by atomic mass is 127. The molecule has 3 nitrogen and oxygen atoms in total. The normalized spacial score (nSPS) is 18.3. The first-order valence-corrected chi connectivity index (χ1v) is 7.68. The first-order chi connectivity index (χ1) is 8.00. The molecule has 0 saturated heterocycles. The van der Waals surface area contributed by atoms with E-state index < -0.39 is 5.60 Å². The summed E-state index contributed by atoms with van der Waals surface area (Å²) in [7, 11) is 1.77. The van der Waals surface area contributed by atoms with Crippen molar-refractivity contribution in [3.63, 3.8) is 0 Å². The van der Waals surface area contributed by atoms with Gasteiger partial charge in [-0.3, -0.25) is 4.79 Å². The predicted octanol–water partition coefficient (Wildman–Crippen LogP) is 2.73. The zero-order valence-electron chi connectivity index (χ0n) is 9.78. The van der Waals surface area contributed by atoms with Crippen LogP contribution in [0.1, 0.15) is 36.0 Å². The van der Waals surface area contributed by atoms with Crippen LogP contribution in [0, 0.1) is 2.88 Å². The van der Waals surface area contributed by atoms with Crippen molar-refractivity contribution in [2.24, 2.45) is 0 Å². The third-order valence-electron chi connectivity index (χ3n) is 3.23. The number of rotatable bonds is 3. The van der Waals surface area contributed by atoms with E-state index in [2.05, 4.69) is 22.6 Å². The summed E-state index contributed by atoms with van der Waals surface area (Å²) >= 11 is 3.78. The molecule has 0 atom stereocenters. The largest absolute Gasteiger partial charge is 0.388 e. The van der Waals surface area contributed by atoms with E-state index in [0.29, 0.717) is 6.54 Å². The second kappa shape index (κ2) is 5.24. The number of nitrogens with zero attached hydrogens (tertiary/aromatic N) is 1. The average Bonchev–Trinajstić information content (AvgIpc) is 2.86. The van der Waals surface area contributed by atoms with Crippen LogP contribution in [0.25, 0.3) is 0 Å². The summed E-state index contributed by atoms with van der Waals surface area (Å²) in [5.74, 6) is 0.00416. The topological polar surface area (TPSA) is 40.5 Å². The Morgan fingerprint density at radius 1 is 1.59 bits per heavy atom. The van der Waals surface area contributed by atoms with Crippen LogP contribution in [-0.2, 0) is 0 Å². The van der Waals surface area contributed by atoms with E-state index in [9.17, 15) is 9.90 Å². The molecule has 0 aliphatic heterocycles. The van der Waals surface area contributed by atoms with E-state index >= 15 is 0 Å². The molecule has 0 radical (unpaired) electrons. The molecule has 1 fully saturated rings. The van der Waals surface area contributed by atoms with Gasteiger partial charge < -0.3 is 10.0 Å². The number of amides is 1. The first-order valence-electron chi connectivity index (χ1n) is 5.72. The highest BCUT2D eigenvalue weighted by Crippen LogP contribution is 2.30. The fraction of sp³-hybridized carbons (Fsp3) is 0.583. The number of thiophene rings is 1. The van der Waals surface area contributed by atoms with E-state index in [4.69, 9.17) is 0 Å². The smallest absolute Gasteiger partial charge is 0.254 e. The monoisotopic (exact) mass is 365 g/mol. The van der Waals surface area contributed by atoms with Crippen LogP contribution in [0.4, 0.5) is 0 Å². The number of aliphatic hydroxyl groups is 1. The van der Waals surface area contributed by atoms with Crippen molar-refractivity contribution in [2.45, 2.75) is 31.3 Å². The van der Waals surface area contributed by atoms with E-state index in [-0.39, 0.29) is 5.91 Å². The molecule has 1 aromatic heterocycles. The molecule has 1 aliphatic rings. The standard InChI is InChI=1S/C12H16INO2S/c1-14(8-12(16)4-2-3-5-12)11(15)9-6-10(13)17-7-9/h6-7,16H,2-5,8H2,1H3. The molecule has 0 spiro atoms. The van der Waals surface area contributed by atoms with Crippen LogP contribution in [-0.4, -0.2) is 35.1 Å². The molecule has 1 amide bonds. The Morgan fingerprint density at radius 3 is 2.76 bits per heavy atom. The van der Waals surface area contributed by atoms with E-state index in [1.165, 1.54) is 0 Å². The van der Waals surface area contributed by atoms with Crippen molar-refractivity contribution in [2.75, 3.05) is 13.6 Å². The Labute approximate surface area is 119 Å². The van der Waals surface area contributed by atoms with Crippen LogP contribution >= 0.6 is 33.9 Å². The van der Waals surface area contributed by atoms with Gasteiger partial charge in [0.1, 0.15) is 0 Å². The molecular weight excluding hydrogens is 349 g/mol. The lowest BCUT2D eigenvalue weighted by Gasteiger charge is -2.28. The summed E-state index contributed by atoms with van der Waals surface area (Å²) < 4.78 is 1.11. The summed E-state index contributed by atoms with van der Waals surface area (Å²) in [5, 5.41) is 12.1. The fourth-order valence-corrected chi connectivity index (χ4v) is 3.67. The first kappa shape index (κ1) is 13.3. The molecule has 17 heavy (non-hydrogen) atoms. The number of carbonyl (C=O) groups is 1. The third kappa shape index (κ3) is 3.20.